The van der Waals surface area contributed by atoms with Crippen LogP contribution in [-0.4, -0.2) is 46.2 Å². The summed E-state index contributed by atoms with van der Waals surface area (Å²) in [4.78, 5) is 23.2. The summed E-state index contributed by atoms with van der Waals surface area (Å²) in [6, 6.07) is 12.4. The summed E-state index contributed by atoms with van der Waals surface area (Å²) in [5.41, 5.74) is 2.21. The van der Waals surface area contributed by atoms with Gasteiger partial charge in [-0.05, 0) is 55.2 Å². The smallest absolute Gasteiger partial charge is 0.407 e. The number of amides is 1. The number of carboxylic acid groups (broad SMARTS) is 1. The topological polar surface area (TPSA) is 103 Å². The number of ether oxygens (including phenoxy) is 2. The molecule has 1 unspecified atom stereocenters. The van der Waals surface area contributed by atoms with Gasteiger partial charge >= 0.3 is 12.1 Å². The van der Waals surface area contributed by atoms with Crippen molar-refractivity contribution in [3.8, 4) is 5.75 Å². The predicted octanol–water partition coefficient (Wildman–Crippen LogP) is 4.13. The molecule has 2 N–H and O–H groups in total. The second-order valence-corrected chi connectivity index (χ2v) is 8.02. The van der Waals surface area contributed by atoms with E-state index >= 15 is 0 Å². The summed E-state index contributed by atoms with van der Waals surface area (Å²) < 4.78 is 12.7. The van der Waals surface area contributed by atoms with Crippen molar-refractivity contribution in [1.29, 1.82) is 0 Å². The molecule has 0 saturated carbocycles. The van der Waals surface area contributed by atoms with Crippen LogP contribution in [0.4, 0.5) is 4.79 Å². The number of nitrogens with zero attached hydrogens (tertiary/aromatic N) is 2. The van der Waals surface area contributed by atoms with Crippen molar-refractivity contribution in [2.24, 2.45) is 5.92 Å². The highest BCUT2D eigenvalue weighted by atomic mass is 16.5. The van der Waals surface area contributed by atoms with Gasteiger partial charge in [0.25, 0.3) is 0 Å². The number of aromatic carboxylic acids is 1. The quantitative estimate of drug-likeness (QED) is 0.492. The first-order chi connectivity index (χ1) is 15.4. The van der Waals surface area contributed by atoms with Crippen molar-refractivity contribution in [1.82, 2.24) is 15.1 Å². The number of alkyl carbamates (subject to hydrolysis) is 1. The summed E-state index contributed by atoms with van der Waals surface area (Å²) in [6.07, 6.45) is 2.08. The molecule has 3 aromatic rings. The molecule has 170 valence electrons. The lowest BCUT2D eigenvalue weighted by atomic mass is 10.0. The number of benzene rings is 2. The molecule has 0 spiro atoms. The van der Waals surface area contributed by atoms with E-state index in [1.165, 1.54) is 11.6 Å². The van der Waals surface area contributed by atoms with Gasteiger partial charge in [0.1, 0.15) is 12.4 Å². The van der Waals surface area contributed by atoms with Crippen LogP contribution in [0.15, 0.2) is 48.7 Å². The van der Waals surface area contributed by atoms with Crippen molar-refractivity contribution < 1.29 is 24.2 Å². The molecular weight excluding hydrogens is 410 g/mol. The zero-order chi connectivity index (χ0) is 23.1. The van der Waals surface area contributed by atoms with Crippen LogP contribution in [0.3, 0.4) is 0 Å². The number of carbonyl (C=O) groups excluding carboxylic acids is 1. The molecule has 1 atom stereocenters. The number of aromatic nitrogens is 2. The summed E-state index contributed by atoms with van der Waals surface area (Å²) in [5, 5.41) is 17.1. The summed E-state index contributed by atoms with van der Waals surface area (Å²) in [7, 11) is 0. The van der Waals surface area contributed by atoms with Crippen molar-refractivity contribution in [3.05, 3.63) is 59.8 Å². The minimum absolute atomic E-state index is 0.197. The Hall–Kier alpha value is -3.55. The minimum Gasteiger partial charge on any atom is -0.491 e. The number of carboxylic acids is 1. The van der Waals surface area contributed by atoms with Crippen LogP contribution in [0, 0.1) is 5.92 Å². The molecule has 8 heteroatoms. The van der Waals surface area contributed by atoms with E-state index in [4.69, 9.17) is 9.47 Å². The van der Waals surface area contributed by atoms with Crippen molar-refractivity contribution >= 4 is 23.0 Å². The van der Waals surface area contributed by atoms with Crippen LogP contribution >= 0.6 is 0 Å². The Kier molecular flexibility index (Phi) is 7.70. The molecule has 1 amide bonds. The first-order valence-corrected chi connectivity index (χ1v) is 10.7. The van der Waals surface area contributed by atoms with Gasteiger partial charge in [-0.2, -0.15) is 5.10 Å². The Morgan fingerprint density at radius 2 is 1.91 bits per heavy atom. The minimum atomic E-state index is -0.991. The molecule has 1 heterocycles. The van der Waals surface area contributed by atoms with Crippen LogP contribution in [0.25, 0.3) is 10.9 Å². The number of rotatable bonds is 10. The van der Waals surface area contributed by atoms with Gasteiger partial charge in [0.15, 0.2) is 0 Å². The van der Waals surface area contributed by atoms with E-state index in [9.17, 15) is 14.7 Å². The molecule has 32 heavy (non-hydrogen) atoms. The molecule has 0 saturated heterocycles. The fourth-order valence-electron chi connectivity index (χ4n) is 3.44. The van der Waals surface area contributed by atoms with Crippen LogP contribution in [-0.2, 0) is 17.7 Å². The first-order valence-electron chi connectivity index (χ1n) is 10.7. The summed E-state index contributed by atoms with van der Waals surface area (Å²) in [5.74, 6) is 0.300. The molecule has 1 aromatic heterocycles. The van der Waals surface area contributed by atoms with Gasteiger partial charge in [0.05, 0.1) is 36.5 Å². The van der Waals surface area contributed by atoms with E-state index in [0.29, 0.717) is 23.6 Å². The van der Waals surface area contributed by atoms with Gasteiger partial charge in [-0.3, -0.25) is 4.68 Å². The fraction of sp³-hybridized carbons (Fsp3) is 0.375. The SMILES string of the molecule is CCOC(=O)NC(COc1ccc(CC(C)C)cc1)Cn1ncc2cc(C(=O)O)ccc21. The predicted molar refractivity (Wildman–Crippen MR) is 121 cm³/mol. The van der Waals surface area contributed by atoms with Gasteiger partial charge < -0.3 is 19.9 Å². The van der Waals surface area contributed by atoms with E-state index in [1.807, 2.05) is 24.3 Å². The zero-order valence-electron chi connectivity index (χ0n) is 18.6. The van der Waals surface area contributed by atoms with Crippen LogP contribution in [0.2, 0.25) is 0 Å². The molecule has 0 aliphatic carbocycles. The van der Waals surface area contributed by atoms with Crippen molar-refractivity contribution in [2.75, 3.05) is 13.2 Å². The van der Waals surface area contributed by atoms with Gasteiger partial charge in [-0.1, -0.05) is 26.0 Å². The Balaban J connectivity index is 1.72. The monoisotopic (exact) mass is 439 g/mol. The Morgan fingerprint density at radius 3 is 2.56 bits per heavy atom. The number of nitrogens with one attached hydrogen (secondary N) is 1. The lowest BCUT2D eigenvalue weighted by Gasteiger charge is -2.20. The van der Waals surface area contributed by atoms with E-state index < -0.39 is 18.1 Å². The lowest BCUT2D eigenvalue weighted by molar-refractivity contribution is 0.0697. The lowest BCUT2D eigenvalue weighted by Crippen LogP contribution is -2.42. The molecule has 3 rings (SSSR count). The van der Waals surface area contributed by atoms with E-state index in [1.54, 1.807) is 29.9 Å². The third-order valence-electron chi connectivity index (χ3n) is 4.90. The molecule has 2 aromatic carbocycles. The van der Waals surface area contributed by atoms with E-state index in [2.05, 4.69) is 24.3 Å². The maximum Gasteiger partial charge on any atom is 0.407 e. The van der Waals surface area contributed by atoms with Gasteiger partial charge in [-0.15, -0.1) is 0 Å². The number of carbonyl (C=O) groups is 2. The Morgan fingerprint density at radius 1 is 1.16 bits per heavy atom. The fourth-order valence-corrected chi connectivity index (χ4v) is 3.44. The van der Waals surface area contributed by atoms with Crippen molar-refractivity contribution in [3.63, 3.8) is 0 Å². The molecule has 0 radical (unpaired) electrons. The normalized spacial score (nSPS) is 12.0. The van der Waals surface area contributed by atoms with Gasteiger partial charge in [0.2, 0.25) is 0 Å². The number of hydrogen-bond acceptors (Lipinski definition) is 5. The molecule has 0 bridgehead atoms. The van der Waals surface area contributed by atoms with Gasteiger partial charge in [-0.25, -0.2) is 9.59 Å². The number of hydrogen-bond donors (Lipinski definition) is 2. The highest BCUT2D eigenvalue weighted by Gasteiger charge is 2.17. The molecule has 0 aliphatic heterocycles. The molecule has 8 nitrogen and oxygen atoms in total. The van der Waals surface area contributed by atoms with Crippen LogP contribution in [0.5, 0.6) is 5.75 Å². The second kappa shape index (κ2) is 10.7. The van der Waals surface area contributed by atoms with E-state index in [0.717, 1.165) is 11.9 Å². The summed E-state index contributed by atoms with van der Waals surface area (Å²) >= 11 is 0. The average molecular weight is 440 g/mol. The Bertz CT molecular complexity index is 1060. The van der Waals surface area contributed by atoms with E-state index in [-0.39, 0.29) is 18.8 Å². The van der Waals surface area contributed by atoms with Crippen LogP contribution in [0.1, 0.15) is 36.7 Å². The first kappa shape index (κ1) is 23.1. The molecule has 0 aliphatic rings. The third kappa shape index (κ3) is 6.23. The molecular formula is C24H29N3O5. The standard InChI is InChI=1S/C24H29N3O5/c1-4-31-24(30)26-20(15-32-21-8-5-17(6-9-21)11-16(2)3)14-27-22-10-7-18(23(28)29)12-19(22)13-25-27/h5-10,12-13,16,20H,4,11,14-15H2,1-3H3,(H,26,30)(H,28,29). The zero-order valence-corrected chi connectivity index (χ0v) is 18.6. The largest absolute Gasteiger partial charge is 0.491 e. The maximum absolute atomic E-state index is 12.0. The average Bonchev–Trinajstić information content (AvgIpc) is 3.14. The highest BCUT2D eigenvalue weighted by molar-refractivity contribution is 5.93. The maximum atomic E-state index is 12.0. The van der Waals surface area contributed by atoms with Crippen LogP contribution < -0.4 is 10.1 Å². The molecule has 0 fully saturated rings. The second-order valence-electron chi connectivity index (χ2n) is 8.02. The van der Waals surface area contributed by atoms with Crippen molar-refractivity contribution in [2.45, 2.75) is 39.8 Å². The van der Waals surface area contributed by atoms with Gasteiger partial charge in [0, 0.05) is 5.39 Å². The highest BCUT2D eigenvalue weighted by Crippen LogP contribution is 2.18. The number of fused-ring (bicyclic) bond motifs is 1. The summed E-state index contributed by atoms with van der Waals surface area (Å²) in [6.45, 7) is 6.91. The Labute approximate surface area is 187 Å². The third-order valence-corrected chi connectivity index (χ3v) is 4.90.